The monoisotopic (exact) mass is 264 g/mol. The molecule has 0 fully saturated rings. The van der Waals surface area contributed by atoms with Gasteiger partial charge in [0.15, 0.2) is 5.78 Å². The average Bonchev–Trinajstić information content (AvgIpc) is 2.31. The molecule has 0 aliphatic rings. The van der Waals surface area contributed by atoms with Crippen molar-refractivity contribution in [2.45, 2.75) is 6.92 Å². The van der Waals surface area contributed by atoms with Gasteiger partial charge in [0.05, 0.1) is 0 Å². The van der Waals surface area contributed by atoms with Gasteiger partial charge in [-0.3, -0.25) is 4.79 Å². The van der Waals surface area contributed by atoms with Crippen LogP contribution in [0.3, 0.4) is 0 Å². The van der Waals surface area contributed by atoms with Crippen molar-refractivity contribution < 1.29 is 4.79 Å². The van der Waals surface area contributed by atoms with E-state index in [1.54, 1.807) is 30.3 Å². The van der Waals surface area contributed by atoms with E-state index in [0.29, 0.717) is 15.6 Å². The number of carbonyl (C=O) groups excluding carboxylic acids is 1. The van der Waals surface area contributed by atoms with Crippen LogP contribution in [0, 0.1) is 0 Å². The topological polar surface area (TPSA) is 17.1 Å². The first-order chi connectivity index (χ1) is 8.08. The van der Waals surface area contributed by atoms with Crippen LogP contribution in [0.25, 0.3) is 11.1 Å². The molecule has 0 unspecified atom stereocenters. The Hall–Kier alpha value is -1.31. The Kier molecular flexibility index (Phi) is 3.51. The van der Waals surface area contributed by atoms with E-state index < -0.39 is 0 Å². The molecule has 0 atom stereocenters. The second-order valence-corrected chi connectivity index (χ2v) is 4.60. The van der Waals surface area contributed by atoms with Gasteiger partial charge in [-0.05, 0) is 42.8 Å². The van der Waals surface area contributed by atoms with Crippen molar-refractivity contribution in [3.8, 4) is 11.1 Å². The zero-order chi connectivity index (χ0) is 12.4. The smallest absolute Gasteiger partial charge is 0.159 e. The van der Waals surface area contributed by atoms with Crippen molar-refractivity contribution >= 4 is 29.0 Å². The van der Waals surface area contributed by atoms with Crippen molar-refractivity contribution in [1.82, 2.24) is 0 Å². The van der Waals surface area contributed by atoms with Gasteiger partial charge in [-0.2, -0.15) is 0 Å². The van der Waals surface area contributed by atoms with E-state index in [-0.39, 0.29) is 5.78 Å². The molecule has 0 radical (unpaired) electrons. The van der Waals surface area contributed by atoms with Crippen LogP contribution in [0.15, 0.2) is 42.5 Å². The molecule has 1 nitrogen and oxygen atoms in total. The molecule has 0 saturated heterocycles. The van der Waals surface area contributed by atoms with Crippen molar-refractivity contribution in [2.24, 2.45) is 0 Å². The number of ketones is 1. The van der Waals surface area contributed by atoms with Crippen molar-refractivity contribution in [1.29, 1.82) is 0 Å². The first-order valence-electron chi connectivity index (χ1n) is 5.14. The van der Waals surface area contributed by atoms with Crippen LogP contribution in [0.2, 0.25) is 10.0 Å². The van der Waals surface area contributed by atoms with Gasteiger partial charge in [-0.15, -0.1) is 0 Å². The second kappa shape index (κ2) is 4.91. The molecular formula is C14H10Cl2O. The maximum Gasteiger partial charge on any atom is 0.159 e. The Morgan fingerprint density at radius 1 is 1.00 bits per heavy atom. The zero-order valence-electron chi connectivity index (χ0n) is 9.21. The first kappa shape index (κ1) is 12.2. The molecule has 0 amide bonds. The van der Waals surface area contributed by atoms with E-state index in [4.69, 9.17) is 23.2 Å². The number of hydrogen-bond donors (Lipinski definition) is 0. The minimum atomic E-state index is 0.0249. The predicted molar refractivity (Wildman–Crippen MR) is 71.9 cm³/mol. The molecule has 0 aliphatic carbocycles. The average molecular weight is 265 g/mol. The standard InChI is InChI=1S/C14H10Cl2O/c1-9(17)11-4-7-14(16)13(8-11)10-2-5-12(15)6-3-10/h2-8H,1H3. The van der Waals surface area contributed by atoms with E-state index in [1.807, 2.05) is 12.1 Å². The fourth-order valence-electron chi connectivity index (χ4n) is 1.59. The fourth-order valence-corrected chi connectivity index (χ4v) is 1.95. The summed E-state index contributed by atoms with van der Waals surface area (Å²) in [7, 11) is 0. The molecule has 2 aromatic rings. The fraction of sp³-hybridized carbons (Fsp3) is 0.0714. The summed E-state index contributed by atoms with van der Waals surface area (Å²) in [6.07, 6.45) is 0. The number of Topliss-reactive ketones (excluding diaryl/α,β-unsaturated/α-hetero) is 1. The highest BCUT2D eigenvalue weighted by molar-refractivity contribution is 6.33. The number of carbonyl (C=O) groups is 1. The van der Waals surface area contributed by atoms with Crippen LogP contribution in [-0.4, -0.2) is 5.78 Å². The highest BCUT2D eigenvalue weighted by Gasteiger charge is 2.07. The Morgan fingerprint density at radius 3 is 2.24 bits per heavy atom. The van der Waals surface area contributed by atoms with Gasteiger partial charge in [0.25, 0.3) is 0 Å². The molecule has 0 heterocycles. The summed E-state index contributed by atoms with van der Waals surface area (Å²) in [6.45, 7) is 1.54. The third-order valence-corrected chi connectivity index (χ3v) is 3.11. The molecule has 0 bridgehead atoms. The van der Waals surface area contributed by atoms with Crippen molar-refractivity contribution in [3.05, 3.63) is 58.1 Å². The third-order valence-electron chi connectivity index (χ3n) is 2.53. The molecule has 2 aromatic carbocycles. The van der Waals surface area contributed by atoms with Crippen LogP contribution in [0.4, 0.5) is 0 Å². The van der Waals surface area contributed by atoms with E-state index in [0.717, 1.165) is 11.1 Å². The number of halogens is 2. The van der Waals surface area contributed by atoms with E-state index in [2.05, 4.69) is 0 Å². The highest BCUT2D eigenvalue weighted by Crippen LogP contribution is 2.29. The molecular weight excluding hydrogens is 255 g/mol. The van der Waals surface area contributed by atoms with Crippen LogP contribution in [-0.2, 0) is 0 Å². The van der Waals surface area contributed by atoms with Crippen molar-refractivity contribution in [3.63, 3.8) is 0 Å². The summed E-state index contributed by atoms with van der Waals surface area (Å²) in [4.78, 5) is 11.3. The van der Waals surface area contributed by atoms with E-state index in [1.165, 1.54) is 6.92 Å². The first-order valence-corrected chi connectivity index (χ1v) is 5.90. The second-order valence-electron chi connectivity index (χ2n) is 3.76. The number of rotatable bonds is 2. The Morgan fingerprint density at radius 2 is 1.65 bits per heavy atom. The van der Waals surface area contributed by atoms with E-state index >= 15 is 0 Å². The quantitative estimate of drug-likeness (QED) is 0.708. The molecule has 0 saturated carbocycles. The molecule has 0 aromatic heterocycles. The zero-order valence-corrected chi connectivity index (χ0v) is 10.7. The summed E-state index contributed by atoms with van der Waals surface area (Å²) in [5, 5.41) is 1.30. The lowest BCUT2D eigenvalue weighted by atomic mass is 10.0. The van der Waals surface area contributed by atoms with Crippen LogP contribution in [0.5, 0.6) is 0 Å². The van der Waals surface area contributed by atoms with Crippen LogP contribution >= 0.6 is 23.2 Å². The summed E-state index contributed by atoms with van der Waals surface area (Å²) in [5.74, 6) is 0.0249. The van der Waals surface area contributed by atoms with Gasteiger partial charge in [0.1, 0.15) is 0 Å². The van der Waals surface area contributed by atoms with Gasteiger partial charge in [-0.1, -0.05) is 35.3 Å². The normalized spacial score (nSPS) is 10.3. The van der Waals surface area contributed by atoms with Gasteiger partial charge in [0.2, 0.25) is 0 Å². The molecule has 3 heteroatoms. The summed E-state index contributed by atoms with van der Waals surface area (Å²) < 4.78 is 0. The Labute approximate surface area is 110 Å². The Balaban J connectivity index is 2.54. The molecule has 0 N–H and O–H groups in total. The summed E-state index contributed by atoms with van der Waals surface area (Å²) >= 11 is 12.0. The van der Waals surface area contributed by atoms with Gasteiger partial charge in [0, 0.05) is 21.2 Å². The van der Waals surface area contributed by atoms with Crippen LogP contribution in [0.1, 0.15) is 17.3 Å². The molecule has 0 aliphatic heterocycles. The lowest BCUT2D eigenvalue weighted by Crippen LogP contribution is -1.92. The molecule has 17 heavy (non-hydrogen) atoms. The highest BCUT2D eigenvalue weighted by atomic mass is 35.5. The minimum Gasteiger partial charge on any atom is -0.295 e. The number of hydrogen-bond acceptors (Lipinski definition) is 1. The predicted octanol–water partition coefficient (Wildman–Crippen LogP) is 4.86. The van der Waals surface area contributed by atoms with Gasteiger partial charge < -0.3 is 0 Å². The minimum absolute atomic E-state index is 0.0249. The Bertz CT molecular complexity index is 559. The molecule has 86 valence electrons. The lowest BCUT2D eigenvalue weighted by molar-refractivity contribution is 0.101. The lowest BCUT2D eigenvalue weighted by Gasteiger charge is -2.06. The molecule has 2 rings (SSSR count). The van der Waals surface area contributed by atoms with Gasteiger partial charge >= 0.3 is 0 Å². The maximum absolute atomic E-state index is 11.3. The van der Waals surface area contributed by atoms with Crippen molar-refractivity contribution in [2.75, 3.05) is 0 Å². The largest absolute Gasteiger partial charge is 0.295 e. The van der Waals surface area contributed by atoms with E-state index in [9.17, 15) is 4.79 Å². The maximum atomic E-state index is 11.3. The molecule has 0 spiro atoms. The van der Waals surface area contributed by atoms with Gasteiger partial charge in [-0.25, -0.2) is 0 Å². The third kappa shape index (κ3) is 2.68. The number of benzene rings is 2. The SMILES string of the molecule is CC(=O)c1ccc(Cl)c(-c2ccc(Cl)cc2)c1. The van der Waals surface area contributed by atoms with Crippen LogP contribution < -0.4 is 0 Å². The summed E-state index contributed by atoms with van der Waals surface area (Å²) in [5.41, 5.74) is 2.44. The summed E-state index contributed by atoms with van der Waals surface area (Å²) in [6, 6.07) is 12.6.